The fourth-order valence-electron chi connectivity index (χ4n) is 2.45. The van der Waals surface area contributed by atoms with E-state index < -0.39 is 0 Å². The van der Waals surface area contributed by atoms with Crippen LogP contribution in [0.25, 0.3) is 0 Å². The van der Waals surface area contributed by atoms with Gasteiger partial charge < -0.3 is 10.6 Å². The van der Waals surface area contributed by atoms with Gasteiger partial charge in [-0.1, -0.05) is 28.1 Å². The highest BCUT2D eigenvalue weighted by Gasteiger charge is 2.11. The highest BCUT2D eigenvalue weighted by atomic mass is 79.9. The van der Waals surface area contributed by atoms with E-state index in [1.54, 1.807) is 0 Å². The van der Waals surface area contributed by atoms with Crippen LogP contribution in [0.3, 0.4) is 0 Å². The number of pyridine rings is 1. The first-order valence-electron chi connectivity index (χ1n) is 7.30. The van der Waals surface area contributed by atoms with E-state index in [-0.39, 0.29) is 0 Å². The van der Waals surface area contributed by atoms with Gasteiger partial charge in [-0.25, -0.2) is 0 Å². The first kappa shape index (κ1) is 16.0. The Balaban J connectivity index is 2.30. The van der Waals surface area contributed by atoms with Crippen molar-refractivity contribution in [3.63, 3.8) is 0 Å². The molecule has 0 amide bonds. The summed E-state index contributed by atoms with van der Waals surface area (Å²) in [6.45, 7) is 6.60. The monoisotopic (exact) mass is 347 g/mol. The van der Waals surface area contributed by atoms with Gasteiger partial charge in [-0.3, -0.25) is 4.98 Å². The van der Waals surface area contributed by atoms with Gasteiger partial charge in [-0.05, 0) is 56.6 Å². The molecule has 4 heteroatoms. The molecule has 0 fully saturated rings. The SMILES string of the molecule is CCN(Cc1cccc(C)n1)c1cc(Br)ccc1CCN. The Labute approximate surface area is 135 Å². The lowest BCUT2D eigenvalue weighted by molar-refractivity contribution is 0.795. The Morgan fingerprint density at radius 1 is 1.24 bits per heavy atom. The topological polar surface area (TPSA) is 42.2 Å². The van der Waals surface area contributed by atoms with Crippen molar-refractivity contribution in [2.24, 2.45) is 5.73 Å². The lowest BCUT2D eigenvalue weighted by atomic mass is 10.1. The standard InChI is InChI=1S/C17H22BrN3/c1-3-21(12-16-6-4-5-13(2)20-16)17-11-15(18)8-7-14(17)9-10-19/h4-8,11H,3,9-10,12,19H2,1-2H3. The van der Waals surface area contributed by atoms with Crippen molar-refractivity contribution in [2.75, 3.05) is 18.0 Å². The fraction of sp³-hybridized carbons (Fsp3) is 0.353. The van der Waals surface area contributed by atoms with E-state index in [2.05, 4.69) is 63.1 Å². The molecule has 1 heterocycles. The smallest absolute Gasteiger partial charge is 0.0602 e. The van der Waals surface area contributed by atoms with Crippen molar-refractivity contribution in [2.45, 2.75) is 26.8 Å². The van der Waals surface area contributed by atoms with Crippen LogP contribution in [0.15, 0.2) is 40.9 Å². The Morgan fingerprint density at radius 2 is 2.05 bits per heavy atom. The van der Waals surface area contributed by atoms with E-state index in [0.717, 1.165) is 35.4 Å². The maximum absolute atomic E-state index is 5.74. The quantitative estimate of drug-likeness (QED) is 0.866. The van der Waals surface area contributed by atoms with Crippen LogP contribution in [-0.4, -0.2) is 18.1 Å². The van der Waals surface area contributed by atoms with Crippen LogP contribution in [0.4, 0.5) is 5.69 Å². The zero-order valence-corrected chi connectivity index (χ0v) is 14.2. The number of aryl methyl sites for hydroxylation is 1. The Bertz CT molecular complexity index is 598. The minimum Gasteiger partial charge on any atom is -0.366 e. The Hall–Kier alpha value is -1.39. The number of anilines is 1. The molecule has 1 aromatic carbocycles. The van der Waals surface area contributed by atoms with Crippen LogP contribution < -0.4 is 10.6 Å². The third kappa shape index (κ3) is 4.29. The summed E-state index contributed by atoms with van der Waals surface area (Å²) in [6.07, 6.45) is 0.889. The molecule has 2 N–H and O–H groups in total. The van der Waals surface area contributed by atoms with Crippen molar-refractivity contribution < 1.29 is 0 Å². The summed E-state index contributed by atoms with van der Waals surface area (Å²) in [5, 5.41) is 0. The van der Waals surface area contributed by atoms with E-state index in [9.17, 15) is 0 Å². The second kappa shape index (κ2) is 7.57. The maximum atomic E-state index is 5.74. The van der Waals surface area contributed by atoms with Crippen LogP contribution in [0, 0.1) is 6.92 Å². The molecule has 3 nitrogen and oxygen atoms in total. The lowest BCUT2D eigenvalue weighted by Crippen LogP contribution is -2.24. The molecule has 0 bridgehead atoms. The second-order valence-corrected chi connectivity index (χ2v) is 6.01. The maximum Gasteiger partial charge on any atom is 0.0602 e. The van der Waals surface area contributed by atoms with Gasteiger partial charge in [0.1, 0.15) is 0 Å². The van der Waals surface area contributed by atoms with E-state index in [4.69, 9.17) is 5.73 Å². The number of aromatic nitrogens is 1. The molecule has 1 aromatic heterocycles. The van der Waals surface area contributed by atoms with Crippen LogP contribution in [0.1, 0.15) is 23.9 Å². The minimum absolute atomic E-state index is 0.662. The summed E-state index contributed by atoms with van der Waals surface area (Å²) in [5.74, 6) is 0. The van der Waals surface area contributed by atoms with Crippen LogP contribution in [0.5, 0.6) is 0 Å². The molecule has 21 heavy (non-hydrogen) atoms. The van der Waals surface area contributed by atoms with Crippen molar-refractivity contribution >= 4 is 21.6 Å². The van der Waals surface area contributed by atoms with Gasteiger partial charge in [0, 0.05) is 22.4 Å². The molecule has 0 spiro atoms. The number of halogens is 1. The van der Waals surface area contributed by atoms with Gasteiger partial charge in [-0.15, -0.1) is 0 Å². The van der Waals surface area contributed by atoms with E-state index >= 15 is 0 Å². The van der Waals surface area contributed by atoms with E-state index in [1.807, 2.05) is 13.0 Å². The zero-order chi connectivity index (χ0) is 15.2. The van der Waals surface area contributed by atoms with Crippen LogP contribution >= 0.6 is 15.9 Å². The fourth-order valence-corrected chi connectivity index (χ4v) is 2.80. The molecule has 0 unspecified atom stereocenters. The number of nitrogens with zero attached hydrogens (tertiary/aromatic N) is 2. The highest BCUT2D eigenvalue weighted by Crippen LogP contribution is 2.26. The van der Waals surface area contributed by atoms with Gasteiger partial charge in [0.25, 0.3) is 0 Å². The summed E-state index contributed by atoms with van der Waals surface area (Å²) >= 11 is 3.57. The molecule has 0 radical (unpaired) electrons. The Kier molecular flexibility index (Phi) is 5.76. The minimum atomic E-state index is 0.662. The molecule has 2 aromatic rings. The molecular weight excluding hydrogens is 326 g/mol. The predicted molar refractivity (Wildman–Crippen MR) is 92.6 cm³/mol. The number of hydrogen-bond acceptors (Lipinski definition) is 3. The van der Waals surface area contributed by atoms with Gasteiger partial charge in [0.2, 0.25) is 0 Å². The summed E-state index contributed by atoms with van der Waals surface area (Å²) in [7, 11) is 0. The number of hydrogen-bond donors (Lipinski definition) is 1. The van der Waals surface area contributed by atoms with Crippen molar-refractivity contribution in [1.29, 1.82) is 0 Å². The second-order valence-electron chi connectivity index (χ2n) is 5.10. The third-order valence-corrected chi connectivity index (χ3v) is 3.98. The van der Waals surface area contributed by atoms with E-state index in [0.29, 0.717) is 6.54 Å². The summed E-state index contributed by atoms with van der Waals surface area (Å²) in [4.78, 5) is 6.95. The van der Waals surface area contributed by atoms with Crippen LogP contribution in [-0.2, 0) is 13.0 Å². The first-order chi connectivity index (χ1) is 10.1. The lowest BCUT2D eigenvalue weighted by Gasteiger charge is -2.26. The molecular formula is C17H22BrN3. The van der Waals surface area contributed by atoms with Gasteiger partial charge in [0.05, 0.1) is 12.2 Å². The number of nitrogens with two attached hydrogens (primary N) is 1. The van der Waals surface area contributed by atoms with Crippen molar-refractivity contribution in [3.8, 4) is 0 Å². The van der Waals surface area contributed by atoms with Crippen molar-refractivity contribution in [3.05, 3.63) is 57.8 Å². The van der Waals surface area contributed by atoms with Crippen molar-refractivity contribution in [1.82, 2.24) is 4.98 Å². The van der Waals surface area contributed by atoms with Crippen LogP contribution in [0.2, 0.25) is 0 Å². The summed E-state index contributed by atoms with van der Waals surface area (Å²) < 4.78 is 1.09. The largest absolute Gasteiger partial charge is 0.366 e. The molecule has 0 saturated heterocycles. The number of rotatable bonds is 6. The summed E-state index contributed by atoms with van der Waals surface area (Å²) in [5.41, 5.74) is 10.4. The molecule has 0 aliphatic carbocycles. The summed E-state index contributed by atoms with van der Waals surface area (Å²) in [6, 6.07) is 12.6. The molecule has 2 rings (SSSR count). The molecule has 0 aliphatic heterocycles. The van der Waals surface area contributed by atoms with Gasteiger partial charge >= 0.3 is 0 Å². The highest BCUT2D eigenvalue weighted by molar-refractivity contribution is 9.10. The predicted octanol–water partition coefficient (Wildman–Crippen LogP) is 3.68. The molecule has 0 saturated carbocycles. The van der Waals surface area contributed by atoms with Gasteiger partial charge in [-0.2, -0.15) is 0 Å². The zero-order valence-electron chi connectivity index (χ0n) is 12.6. The normalized spacial score (nSPS) is 10.7. The average Bonchev–Trinajstić information content (AvgIpc) is 2.47. The first-order valence-corrected chi connectivity index (χ1v) is 8.09. The molecule has 0 aliphatic rings. The van der Waals surface area contributed by atoms with Gasteiger partial charge in [0.15, 0.2) is 0 Å². The van der Waals surface area contributed by atoms with E-state index in [1.165, 1.54) is 11.3 Å². The molecule has 0 atom stereocenters. The third-order valence-electron chi connectivity index (χ3n) is 3.48. The average molecular weight is 348 g/mol. The molecule has 112 valence electrons. The Morgan fingerprint density at radius 3 is 2.71 bits per heavy atom. The number of benzene rings is 1.